The van der Waals surface area contributed by atoms with E-state index < -0.39 is 17.8 Å². The highest BCUT2D eigenvalue weighted by atomic mass is 16.5. The molecule has 1 amide bonds. The van der Waals surface area contributed by atoms with Gasteiger partial charge in [-0.25, -0.2) is 9.59 Å². The molecule has 0 bridgehead atoms. The van der Waals surface area contributed by atoms with E-state index in [1.54, 1.807) is 36.4 Å². The summed E-state index contributed by atoms with van der Waals surface area (Å²) in [5.74, 6) is -0.812. The van der Waals surface area contributed by atoms with Crippen molar-refractivity contribution < 1.29 is 24.2 Å². The number of benzene rings is 2. The van der Waals surface area contributed by atoms with Crippen LogP contribution in [0.15, 0.2) is 54.6 Å². The van der Waals surface area contributed by atoms with Gasteiger partial charge in [0.1, 0.15) is 12.4 Å². The molecule has 0 aliphatic heterocycles. The lowest BCUT2D eigenvalue weighted by atomic mass is 10.2. The van der Waals surface area contributed by atoms with E-state index in [1.165, 1.54) is 11.8 Å². The molecule has 1 aromatic heterocycles. The number of nitrogens with one attached hydrogen (secondary N) is 1. The van der Waals surface area contributed by atoms with Gasteiger partial charge in [0.05, 0.1) is 12.8 Å². The highest BCUT2D eigenvalue weighted by Crippen LogP contribution is 2.21. The Labute approximate surface area is 154 Å². The first-order valence-corrected chi connectivity index (χ1v) is 7.89. The number of rotatable bonds is 6. The highest BCUT2D eigenvalue weighted by molar-refractivity contribution is 5.96. The Hall–Kier alpha value is -3.88. The molecule has 27 heavy (non-hydrogen) atoms. The number of carboxylic acid groups (broad SMARTS) is 1. The predicted octanol–water partition coefficient (Wildman–Crippen LogP) is 2.72. The van der Waals surface area contributed by atoms with Gasteiger partial charge in [-0.05, 0) is 29.8 Å². The van der Waals surface area contributed by atoms with E-state index in [0.717, 1.165) is 5.56 Å². The molecule has 0 unspecified atom stereocenters. The summed E-state index contributed by atoms with van der Waals surface area (Å²) in [5.41, 5.74) is 0.893. The van der Waals surface area contributed by atoms with Crippen molar-refractivity contribution >= 4 is 17.9 Å². The van der Waals surface area contributed by atoms with E-state index in [9.17, 15) is 14.7 Å². The summed E-state index contributed by atoms with van der Waals surface area (Å²) < 4.78 is 11.4. The zero-order valence-electron chi connectivity index (χ0n) is 14.3. The molecule has 3 rings (SSSR count). The number of carbonyl (C=O) groups excluding carboxylic acids is 1. The van der Waals surface area contributed by atoms with Crippen LogP contribution in [0.4, 0.5) is 10.6 Å². The molecule has 0 atom stereocenters. The Kier molecular flexibility index (Phi) is 5.31. The average molecular weight is 368 g/mol. The standard InChI is InChI=1S/C18H16N4O5/c1-26-14-9-7-13(8-10-14)22-16(15(17(23)24)20-21-22)19-18(25)27-11-12-5-3-2-4-6-12/h2-10H,11H2,1H3,(H,19,25)(H,23,24). The molecule has 1 heterocycles. The molecule has 0 aliphatic carbocycles. The summed E-state index contributed by atoms with van der Waals surface area (Å²) in [5, 5.41) is 19.1. The van der Waals surface area contributed by atoms with Crippen molar-refractivity contribution in [2.24, 2.45) is 0 Å². The Balaban J connectivity index is 1.81. The van der Waals surface area contributed by atoms with Crippen LogP contribution >= 0.6 is 0 Å². The molecule has 0 radical (unpaired) electrons. The van der Waals surface area contributed by atoms with Crippen molar-refractivity contribution in [2.45, 2.75) is 6.61 Å². The van der Waals surface area contributed by atoms with Crippen LogP contribution in [-0.4, -0.2) is 39.3 Å². The molecule has 2 N–H and O–H groups in total. The number of aromatic carboxylic acids is 1. The zero-order chi connectivity index (χ0) is 19.2. The van der Waals surface area contributed by atoms with Crippen LogP contribution in [0.3, 0.4) is 0 Å². The fourth-order valence-electron chi connectivity index (χ4n) is 2.30. The minimum Gasteiger partial charge on any atom is -0.497 e. The lowest BCUT2D eigenvalue weighted by molar-refractivity contribution is 0.0691. The van der Waals surface area contributed by atoms with Crippen LogP contribution < -0.4 is 10.1 Å². The first kappa shape index (κ1) is 17.9. The maximum Gasteiger partial charge on any atom is 0.413 e. The fraction of sp³-hybridized carbons (Fsp3) is 0.111. The lowest BCUT2D eigenvalue weighted by Crippen LogP contribution is -2.18. The Bertz CT molecular complexity index is 938. The quantitative estimate of drug-likeness (QED) is 0.687. The summed E-state index contributed by atoms with van der Waals surface area (Å²) in [6.07, 6.45) is -0.821. The molecular weight excluding hydrogens is 352 g/mol. The second-order valence-electron chi connectivity index (χ2n) is 5.39. The van der Waals surface area contributed by atoms with E-state index >= 15 is 0 Å². The largest absolute Gasteiger partial charge is 0.497 e. The molecule has 3 aromatic rings. The molecule has 9 heteroatoms. The number of hydrogen-bond acceptors (Lipinski definition) is 6. The van der Waals surface area contributed by atoms with Crippen LogP contribution in [0.25, 0.3) is 5.69 Å². The summed E-state index contributed by atoms with van der Waals surface area (Å²) in [4.78, 5) is 23.5. The summed E-state index contributed by atoms with van der Waals surface area (Å²) >= 11 is 0. The highest BCUT2D eigenvalue weighted by Gasteiger charge is 2.22. The van der Waals surface area contributed by atoms with Gasteiger partial charge in [-0.1, -0.05) is 35.5 Å². The number of ether oxygens (including phenoxy) is 2. The summed E-state index contributed by atoms with van der Waals surface area (Å²) in [6.45, 7) is 0.0409. The van der Waals surface area contributed by atoms with Crippen LogP contribution in [0, 0.1) is 0 Å². The zero-order valence-corrected chi connectivity index (χ0v) is 14.3. The number of nitrogens with zero attached hydrogens (tertiary/aromatic N) is 3. The topological polar surface area (TPSA) is 116 Å². The van der Waals surface area contributed by atoms with Crippen molar-refractivity contribution in [1.82, 2.24) is 15.0 Å². The molecule has 2 aromatic carbocycles. The Morgan fingerprint density at radius 3 is 2.44 bits per heavy atom. The minimum absolute atomic E-state index is 0.0409. The van der Waals surface area contributed by atoms with Gasteiger partial charge in [0.25, 0.3) is 0 Å². The van der Waals surface area contributed by atoms with Crippen LogP contribution in [0.2, 0.25) is 0 Å². The lowest BCUT2D eigenvalue weighted by Gasteiger charge is -2.10. The van der Waals surface area contributed by atoms with Crippen LogP contribution in [0.5, 0.6) is 5.75 Å². The number of carboxylic acids is 1. The smallest absolute Gasteiger partial charge is 0.413 e. The Morgan fingerprint density at radius 2 is 1.81 bits per heavy atom. The van der Waals surface area contributed by atoms with E-state index in [2.05, 4.69) is 15.6 Å². The van der Waals surface area contributed by atoms with Crippen LogP contribution in [0.1, 0.15) is 16.1 Å². The van der Waals surface area contributed by atoms with E-state index in [0.29, 0.717) is 11.4 Å². The van der Waals surface area contributed by atoms with Gasteiger partial charge in [-0.15, -0.1) is 5.10 Å². The number of anilines is 1. The van der Waals surface area contributed by atoms with Gasteiger partial charge in [0, 0.05) is 0 Å². The number of carbonyl (C=O) groups is 2. The molecule has 138 valence electrons. The van der Waals surface area contributed by atoms with Crippen molar-refractivity contribution in [1.29, 1.82) is 0 Å². The van der Waals surface area contributed by atoms with Gasteiger partial charge in [-0.2, -0.15) is 4.68 Å². The molecule has 0 aliphatic rings. The van der Waals surface area contributed by atoms with E-state index in [4.69, 9.17) is 9.47 Å². The number of methoxy groups -OCH3 is 1. The van der Waals surface area contributed by atoms with Gasteiger partial charge >= 0.3 is 12.1 Å². The van der Waals surface area contributed by atoms with Gasteiger partial charge in [0.15, 0.2) is 5.82 Å². The second-order valence-corrected chi connectivity index (χ2v) is 5.39. The Morgan fingerprint density at radius 1 is 1.11 bits per heavy atom. The predicted molar refractivity (Wildman–Crippen MR) is 95.1 cm³/mol. The third-order valence-electron chi connectivity index (χ3n) is 3.62. The maximum atomic E-state index is 12.1. The maximum absolute atomic E-state index is 12.1. The molecule has 0 fully saturated rings. The normalized spacial score (nSPS) is 10.3. The van der Waals surface area contributed by atoms with Gasteiger partial charge < -0.3 is 14.6 Å². The summed E-state index contributed by atoms with van der Waals surface area (Å²) in [6, 6.07) is 15.8. The number of hydrogen-bond donors (Lipinski definition) is 2. The molecule has 9 nitrogen and oxygen atoms in total. The van der Waals surface area contributed by atoms with Crippen molar-refractivity contribution in [3.8, 4) is 11.4 Å². The van der Waals surface area contributed by atoms with Crippen molar-refractivity contribution in [3.63, 3.8) is 0 Å². The first-order chi connectivity index (χ1) is 13.1. The molecular formula is C18H16N4O5. The van der Waals surface area contributed by atoms with Gasteiger partial charge in [0.2, 0.25) is 5.69 Å². The van der Waals surface area contributed by atoms with E-state index in [1.807, 2.05) is 18.2 Å². The fourth-order valence-corrected chi connectivity index (χ4v) is 2.30. The average Bonchev–Trinajstić information content (AvgIpc) is 3.11. The molecule has 0 saturated carbocycles. The van der Waals surface area contributed by atoms with Crippen molar-refractivity contribution in [2.75, 3.05) is 12.4 Å². The van der Waals surface area contributed by atoms with E-state index in [-0.39, 0.29) is 12.4 Å². The monoisotopic (exact) mass is 368 g/mol. The third kappa shape index (κ3) is 4.21. The minimum atomic E-state index is -1.33. The summed E-state index contributed by atoms with van der Waals surface area (Å²) in [7, 11) is 1.53. The molecule has 0 spiro atoms. The first-order valence-electron chi connectivity index (χ1n) is 7.89. The number of amides is 1. The molecule has 0 saturated heterocycles. The van der Waals surface area contributed by atoms with Crippen LogP contribution in [-0.2, 0) is 11.3 Å². The van der Waals surface area contributed by atoms with Crippen molar-refractivity contribution in [3.05, 3.63) is 65.9 Å². The third-order valence-corrected chi connectivity index (χ3v) is 3.62. The van der Waals surface area contributed by atoms with Gasteiger partial charge in [-0.3, -0.25) is 5.32 Å². The second kappa shape index (κ2) is 8.00. The number of aromatic nitrogens is 3. The SMILES string of the molecule is COc1ccc(-n2nnc(C(=O)O)c2NC(=O)OCc2ccccc2)cc1.